The Morgan fingerprint density at radius 1 is 1.09 bits per heavy atom. The summed E-state index contributed by atoms with van der Waals surface area (Å²) in [7, 11) is -2.18. The highest BCUT2D eigenvalue weighted by atomic mass is 32.2. The molecule has 0 unspecified atom stereocenters. The Morgan fingerprint density at radius 2 is 1.78 bits per heavy atom. The Bertz CT molecular complexity index is 1540. The summed E-state index contributed by atoms with van der Waals surface area (Å²) in [6, 6.07) is 9.72. The molecule has 0 aliphatic rings. The van der Waals surface area contributed by atoms with Crippen LogP contribution in [0.2, 0.25) is 0 Å². The molecule has 0 saturated carbocycles. The van der Waals surface area contributed by atoms with Crippen molar-refractivity contribution in [2.75, 3.05) is 12.0 Å². The fraction of sp³-hybridized carbons (Fsp3) is 0.273. The minimum Gasteiger partial charge on any atom is -0.382 e. The summed E-state index contributed by atoms with van der Waals surface area (Å²) >= 11 is 0. The van der Waals surface area contributed by atoms with Gasteiger partial charge >= 0.3 is 5.69 Å². The average Bonchev–Trinajstić information content (AvgIpc) is 3.18. The summed E-state index contributed by atoms with van der Waals surface area (Å²) in [6.07, 6.45) is 0.978. The van der Waals surface area contributed by atoms with Crippen LogP contribution >= 0.6 is 0 Å². The topological polar surface area (TPSA) is 105 Å². The van der Waals surface area contributed by atoms with Crippen molar-refractivity contribution in [3.05, 3.63) is 58.3 Å². The number of rotatable bonds is 4. The molecule has 32 heavy (non-hydrogen) atoms. The van der Waals surface area contributed by atoms with E-state index in [1.54, 1.807) is 48.9 Å². The summed E-state index contributed by atoms with van der Waals surface area (Å²) in [4.78, 5) is 12.7. The molecule has 0 aliphatic carbocycles. The monoisotopic (exact) mass is 457 g/mol. The molecule has 0 saturated heterocycles. The van der Waals surface area contributed by atoms with Crippen molar-refractivity contribution in [1.29, 1.82) is 0 Å². The van der Waals surface area contributed by atoms with Crippen LogP contribution in [0.5, 0.6) is 0 Å². The highest BCUT2D eigenvalue weighted by molar-refractivity contribution is 7.89. The maximum Gasteiger partial charge on any atom is 0.329 e. The van der Waals surface area contributed by atoms with Crippen LogP contribution in [-0.2, 0) is 17.1 Å². The standard InChI is InChI=1S/C22H24FN5O3S/c1-12(2)27-17-9-7-14(11-18(17)26(4)22(27)29)19-20(15-10-13(3)6-8-16(15)23)25-28(21(19)24)32(5,30)31/h6-12H,24H2,1-5H3. The van der Waals surface area contributed by atoms with E-state index < -0.39 is 15.8 Å². The van der Waals surface area contributed by atoms with Crippen LogP contribution in [0.4, 0.5) is 10.2 Å². The Hall–Kier alpha value is -3.40. The third-order valence-corrected chi connectivity index (χ3v) is 6.38. The molecule has 8 nitrogen and oxygen atoms in total. The van der Waals surface area contributed by atoms with Gasteiger partial charge in [-0.25, -0.2) is 17.6 Å². The Kier molecular flexibility index (Phi) is 5.00. The van der Waals surface area contributed by atoms with E-state index in [0.717, 1.165) is 17.3 Å². The number of anilines is 1. The van der Waals surface area contributed by atoms with E-state index in [1.165, 1.54) is 10.6 Å². The zero-order chi connectivity index (χ0) is 23.5. The van der Waals surface area contributed by atoms with Crippen LogP contribution in [-0.4, -0.2) is 33.0 Å². The highest BCUT2D eigenvalue weighted by Gasteiger charge is 2.26. The number of fused-ring (bicyclic) bond motifs is 1. The van der Waals surface area contributed by atoms with Crippen LogP contribution in [0.15, 0.2) is 41.2 Å². The van der Waals surface area contributed by atoms with Gasteiger partial charge in [-0.15, -0.1) is 4.09 Å². The number of imidazole rings is 1. The van der Waals surface area contributed by atoms with Crippen molar-refractivity contribution >= 4 is 26.9 Å². The molecule has 4 aromatic rings. The number of hydrogen-bond donors (Lipinski definition) is 1. The molecular weight excluding hydrogens is 433 g/mol. The van der Waals surface area contributed by atoms with Crippen LogP contribution < -0.4 is 11.4 Å². The van der Waals surface area contributed by atoms with Gasteiger partial charge in [0.2, 0.25) is 0 Å². The summed E-state index contributed by atoms with van der Waals surface area (Å²) in [5, 5.41) is 4.17. The molecular formula is C22H24FN5O3S. The second-order valence-electron chi connectivity index (χ2n) is 8.21. The van der Waals surface area contributed by atoms with Crippen molar-refractivity contribution in [1.82, 2.24) is 18.3 Å². The van der Waals surface area contributed by atoms with E-state index in [4.69, 9.17) is 5.73 Å². The van der Waals surface area contributed by atoms with Crippen LogP contribution in [0.25, 0.3) is 33.4 Å². The summed E-state index contributed by atoms with van der Waals surface area (Å²) < 4.78 is 43.3. The minimum atomic E-state index is -3.84. The molecule has 2 aromatic heterocycles. The van der Waals surface area contributed by atoms with Gasteiger partial charge in [0.1, 0.15) is 17.3 Å². The lowest BCUT2D eigenvalue weighted by molar-refractivity contribution is 0.583. The smallest absolute Gasteiger partial charge is 0.329 e. The Labute approximate surface area is 184 Å². The molecule has 0 aliphatic heterocycles. The van der Waals surface area contributed by atoms with Gasteiger partial charge in [0.25, 0.3) is 10.0 Å². The molecule has 0 fully saturated rings. The van der Waals surface area contributed by atoms with E-state index >= 15 is 0 Å². The van der Waals surface area contributed by atoms with E-state index in [2.05, 4.69) is 5.10 Å². The van der Waals surface area contributed by atoms with Crippen molar-refractivity contribution < 1.29 is 12.8 Å². The summed E-state index contributed by atoms with van der Waals surface area (Å²) in [5.41, 5.74) is 9.29. The SMILES string of the molecule is Cc1ccc(F)c(-c2nn(S(C)(=O)=O)c(N)c2-c2ccc3c(c2)n(C)c(=O)n3C(C)C)c1. The molecule has 0 bridgehead atoms. The van der Waals surface area contributed by atoms with Crippen LogP contribution in [0, 0.1) is 12.7 Å². The van der Waals surface area contributed by atoms with Crippen LogP contribution in [0.3, 0.4) is 0 Å². The molecule has 2 heterocycles. The molecule has 0 radical (unpaired) electrons. The second-order valence-corrected chi connectivity index (χ2v) is 10.0. The minimum absolute atomic E-state index is 0.0490. The second kappa shape index (κ2) is 7.33. The lowest BCUT2D eigenvalue weighted by Crippen LogP contribution is -2.23. The predicted octanol–water partition coefficient (Wildman–Crippen LogP) is 3.29. The van der Waals surface area contributed by atoms with Crippen molar-refractivity contribution in [3.63, 3.8) is 0 Å². The molecule has 4 rings (SSSR count). The van der Waals surface area contributed by atoms with E-state index in [-0.39, 0.29) is 34.4 Å². The highest BCUT2D eigenvalue weighted by Crippen LogP contribution is 2.39. The maximum atomic E-state index is 14.8. The maximum absolute atomic E-state index is 14.8. The zero-order valence-electron chi connectivity index (χ0n) is 18.4. The first-order chi connectivity index (χ1) is 14.9. The average molecular weight is 458 g/mol. The van der Waals surface area contributed by atoms with Crippen molar-refractivity contribution in [3.8, 4) is 22.4 Å². The first-order valence-corrected chi connectivity index (χ1v) is 11.8. The number of aryl methyl sites for hydroxylation is 2. The van der Waals surface area contributed by atoms with Gasteiger partial charge in [-0.1, -0.05) is 17.7 Å². The number of aromatic nitrogens is 4. The molecule has 0 spiro atoms. The third kappa shape index (κ3) is 3.31. The number of nitrogens with two attached hydrogens (primary N) is 1. The number of nitrogen functional groups attached to an aromatic ring is 1. The Balaban J connectivity index is 2.09. The van der Waals surface area contributed by atoms with E-state index in [1.807, 2.05) is 13.8 Å². The van der Waals surface area contributed by atoms with Gasteiger partial charge < -0.3 is 5.73 Å². The van der Waals surface area contributed by atoms with Gasteiger partial charge in [-0.3, -0.25) is 9.13 Å². The first kappa shape index (κ1) is 21.8. The van der Waals surface area contributed by atoms with Crippen molar-refractivity contribution in [2.45, 2.75) is 26.8 Å². The van der Waals surface area contributed by atoms with Crippen LogP contribution in [0.1, 0.15) is 25.5 Å². The number of hydrogen-bond acceptors (Lipinski definition) is 5. The molecule has 0 amide bonds. The van der Waals surface area contributed by atoms with E-state index in [9.17, 15) is 17.6 Å². The lowest BCUT2D eigenvalue weighted by atomic mass is 9.99. The number of halogens is 1. The van der Waals surface area contributed by atoms with Crippen molar-refractivity contribution in [2.24, 2.45) is 7.05 Å². The van der Waals surface area contributed by atoms with Gasteiger partial charge in [0, 0.05) is 18.7 Å². The molecule has 168 valence electrons. The summed E-state index contributed by atoms with van der Waals surface area (Å²) in [5.74, 6) is -0.675. The molecule has 2 N–H and O–H groups in total. The van der Waals surface area contributed by atoms with Gasteiger partial charge in [-0.2, -0.15) is 5.10 Å². The fourth-order valence-electron chi connectivity index (χ4n) is 3.98. The van der Waals surface area contributed by atoms with Gasteiger partial charge in [-0.05, 0) is 50.6 Å². The molecule has 10 heteroatoms. The van der Waals surface area contributed by atoms with Gasteiger partial charge in [0.05, 0.1) is 22.9 Å². The normalized spacial score (nSPS) is 12.2. The molecule has 2 aromatic carbocycles. The third-order valence-electron chi connectivity index (χ3n) is 5.48. The first-order valence-electron chi connectivity index (χ1n) is 9.98. The zero-order valence-corrected chi connectivity index (χ0v) is 19.2. The van der Waals surface area contributed by atoms with E-state index in [0.29, 0.717) is 15.2 Å². The molecule has 0 atom stereocenters. The largest absolute Gasteiger partial charge is 0.382 e. The fourth-order valence-corrected chi connectivity index (χ4v) is 4.65. The number of nitrogens with zero attached hydrogens (tertiary/aromatic N) is 4. The Morgan fingerprint density at radius 3 is 2.41 bits per heavy atom. The summed E-state index contributed by atoms with van der Waals surface area (Å²) in [6.45, 7) is 5.64. The lowest BCUT2D eigenvalue weighted by Gasteiger charge is -2.09. The quantitative estimate of drug-likeness (QED) is 0.506. The number of benzene rings is 2. The van der Waals surface area contributed by atoms with Gasteiger partial charge in [0.15, 0.2) is 0 Å². The predicted molar refractivity (Wildman–Crippen MR) is 124 cm³/mol.